The summed E-state index contributed by atoms with van der Waals surface area (Å²) < 4.78 is 26.2. The van der Waals surface area contributed by atoms with Gasteiger partial charge in [-0.1, -0.05) is 37.5 Å². The van der Waals surface area contributed by atoms with Crippen molar-refractivity contribution in [1.29, 1.82) is 0 Å². The van der Waals surface area contributed by atoms with E-state index in [4.69, 9.17) is 0 Å². The minimum absolute atomic E-state index is 0. The average Bonchev–Trinajstić information content (AvgIpc) is 2.25. The molecule has 0 saturated carbocycles. The van der Waals surface area contributed by atoms with E-state index in [1.165, 1.54) is 0 Å². The Hall–Kier alpha value is 1.77. The molecule has 0 atom stereocenters. The summed E-state index contributed by atoms with van der Waals surface area (Å²) in [4.78, 5) is 0.342. The fourth-order valence-corrected chi connectivity index (χ4v) is 2.46. The molecule has 0 aliphatic rings. The van der Waals surface area contributed by atoms with E-state index in [2.05, 4.69) is 11.6 Å². The van der Waals surface area contributed by atoms with E-state index in [9.17, 15) is 8.42 Å². The molecular formula is C12H20KNNaO2S+. The van der Waals surface area contributed by atoms with Crippen LogP contribution in [-0.4, -0.2) is 15.0 Å². The van der Waals surface area contributed by atoms with E-state index in [0.717, 1.165) is 24.8 Å². The van der Waals surface area contributed by atoms with Gasteiger partial charge < -0.3 is 1.43 Å². The normalized spacial score (nSPS) is 10.3. The van der Waals surface area contributed by atoms with Gasteiger partial charge in [0.05, 0.1) is 4.90 Å². The van der Waals surface area contributed by atoms with Crippen LogP contribution in [-0.2, 0) is 10.0 Å². The van der Waals surface area contributed by atoms with Crippen molar-refractivity contribution >= 4 is 10.0 Å². The summed E-state index contributed by atoms with van der Waals surface area (Å²) in [5.41, 5.74) is 1.06. The molecule has 6 heteroatoms. The van der Waals surface area contributed by atoms with Gasteiger partial charge in [-0.25, -0.2) is 13.1 Å². The molecule has 0 aliphatic carbocycles. The standard InChI is InChI=1S/C12H19NO2S.K.Na.H/c1-3-4-5-10-13-16(14,15)12-8-6-11(2)7-9-12;;;/h6-9,13H,3-5,10H2,1-2H3;;;/q;2*+1;-1. The number of hydrogen-bond acceptors (Lipinski definition) is 2. The maximum atomic E-state index is 11.8. The third kappa shape index (κ3) is 8.14. The molecule has 18 heavy (non-hydrogen) atoms. The summed E-state index contributed by atoms with van der Waals surface area (Å²) >= 11 is 0. The molecule has 1 N–H and O–H groups in total. The fourth-order valence-electron chi connectivity index (χ4n) is 1.38. The molecule has 0 unspecified atom stereocenters. The SMILES string of the molecule is CCCCCNS(=O)(=O)c1ccc(C)cc1.[H-].[K+].[Na+]. The molecule has 92 valence electrons. The molecule has 0 heterocycles. The van der Waals surface area contributed by atoms with E-state index in [0.29, 0.717) is 11.4 Å². The van der Waals surface area contributed by atoms with Gasteiger partial charge in [0.2, 0.25) is 10.0 Å². The first-order chi connectivity index (χ1) is 7.56. The minimum atomic E-state index is -3.31. The van der Waals surface area contributed by atoms with Gasteiger partial charge in [0.1, 0.15) is 0 Å². The number of unbranched alkanes of at least 4 members (excludes halogenated alkanes) is 2. The van der Waals surface area contributed by atoms with Crippen LogP contribution >= 0.6 is 0 Å². The van der Waals surface area contributed by atoms with E-state index >= 15 is 0 Å². The van der Waals surface area contributed by atoms with Gasteiger partial charge in [-0.05, 0) is 25.5 Å². The molecular weight excluding hydrogens is 284 g/mol. The van der Waals surface area contributed by atoms with Crippen LogP contribution in [0.2, 0.25) is 0 Å². The Morgan fingerprint density at radius 3 is 2.22 bits per heavy atom. The molecule has 1 aromatic rings. The molecule has 0 radical (unpaired) electrons. The summed E-state index contributed by atoms with van der Waals surface area (Å²) in [5.74, 6) is 0. The number of benzene rings is 1. The summed E-state index contributed by atoms with van der Waals surface area (Å²) in [6, 6.07) is 6.89. The average molecular weight is 304 g/mol. The molecule has 0 fully saturated rings. The van der Waals surface area contributed by atoms with Crippen LogP contribution < -0.4 is 85.7 Å². The number of aryl methyl sites for hydroxylation is 1. The van der Waals surface area contributed by atoms with E-state index < -0.39 is 10.0 Å². The number of nitrogens with one attached hydrogen (secondary N) is 1. The zero-order chi connectivity index (χ0) is 12.0. The molecule has 0 aliphatic heterocycles. The van der Waals surface area contributed by atoms with Gasteiger partial charge in [-0.15, -0.1) is 0 Å². The molecule has 1 rings (SSSR count). The first kappa shape index (κ1) is 22.1. The monoisotopic (exact) mass is 304 g/mol. The van der Waals surface area contributed by atoms with Crippen LogP contribution in [0, 0.1) is 6.92 Å². The summed E-state index contributed by atoms with van der Waals surface area (Å²) in [6.07, 6.45) is 3.03. The first-order valence-corrected chi connectivity index (χ1v) is 7.11. The van der Waals surface area contributed by atoms with Crippen LogP contribution in [0.5, 0.6) is 0 Å². The van der Waals surface area contributed by atoms with Crippen molar-refractivity contribution in [3.8, 4) is 0 Å². The summed E-state index contributed by atoms with van der Waals surface area (Å²) in [5, 5.41) is 0. The third-order valence-corrected chi connectivity index (χ3v) is 3.88. The maximum Gasteiger partial charge on any atom is 1.00 e. The van der Waals surface area contributed by atoms with Crippen molar-refractivity contribution in [1.82, 2.24) is 4.72 Å². The quantitative estimate of drug-likeness (QED) is 0.440. The molecule has 0 bridgehead atoms. The minimum Gasteiger partial charge on any atom is -1.00 e. The van der Waals surface area contributed by atoms with Crippen molar-refractivity contribution in [3.05, 3.63) is 29.8 Å². The Morgan fingerprint density at radius 1 is 1.17 bits per heavy atom. The Bertz CT molecular complexity index is 426. The predicted molar refractivity (Wildman–Crippen MR) is 67.0 cm³/mol. The molecule has 0 amide bonds. The van der Waals surface area contributed by atoms with Crippen LogP contribution in [0.3, 0.4) is 0 Å². The molecule has 3 nitrogen and oxygen atoms in total. The molecule has 0 spiro atoms. The maximum absolute atomic E-state index is 11.8. The molecule has 0 saturated heterocycles. The van der Waals surface area contributed by atoms with Crippen LogP contribution in [0.1, 0.15) is 33.2 Å². The summed E-state index contributed by atoms with van der Waals surface area (Å²) in [7, 11) is -3.31. The second-order valence-corrected chi connectivity index (χ2v) is 5.68. The molecule has 1 aromatic carbocycles. The van der Waals surface area contributed by atoms with Crippen molar-refractivity contribution in [3.63, 3.8) is 0 Å². The van der Waals surface area contributed by atoms with E-state index in [1.807, 2.05) is 6.92 Å². The van der Waals surface area contributed by atoms with Crippen molar-refractivity contribution in [2.75, 3.05) is 6.54 Å². The number of rotatable bonds is 6. The zero-order valence-corrected chi connectivity index (χ0v) is 17.8. The topological polar surface area (TPSA) is 46.2 Å². The largest absolute Gasteiger partial charge is 1.00 e. The Labute approximate surface area is 177 Å². The van der Waals surface area contributed by atoms with Gasteiger partial charge in [-0.3, -0.25) is 0 Å². The zero-order valence-electron chi connectivity index (χ0n) is 12.9. The van der Waals surface area contributed by atoms with Crippen LogP contribution in [0.15, 0.2) is 29.2 Å². The van der Waals surface area contributed by atoms with Gasteiger partial charge in [0.15, 0.2) is 0 Å². The Kier molecular flexibility index (Phi) is 14.0. The third-order valence-electron chi connectivity index (χ3n) is 2.40. The Morgan fingerprint density at radius 2 is 1.72 bits per heavy atom. The van der Waals surface area contributed by atoms with Crippen molar-refractivity contribution in [2.45, 2.75) is 38.0 Å². The van der Waals surface area contributed by atoms with Gasteiger partial charge in [0, 0.05) is 6.54 Å². The van der Waals surface area contributed by atoms with Crippen LogP contribution in [0.25, 0.3) is 0 Å². The second kappa shape index (κ2) is 11.4. The molecule has 0 aromatic heterocycles. The smallest absolute Gasteiger partial charge is 1.00 e. The summed E-state index contributed by atoms with van der Waals surface area (Å²) in [6.45, 7) is 4.55. The second-order valence-electron chi connectivity index (χ2n) is 3.92. The van der Waals surface area contributed by atoms with Gasteiger partial charge >= 0.3 is 80.9 Å². The van der Waals surface area contributed by atoms with Gasteiger partial charge in [-0.2, -0.15) is 0 Å². The predicted octanol–water partition coefficient (Wildman–Crippen LogP) is -3.42. The fraction of sp³-hybridized carbons (Fsp3) is 0.500. The van der Waals surface area contributed by atoms with E-state index in [-0.39, 0.29) is 82.4 Å². The number of hydrogen-bond donors (Lipinski definition) is 1. The number of sulfonamides is 1. The van der Waals surface area contributed by atoms with Crippen molar-refractivity contribution in [2.24, 2.45) is 0 Å². The first-order valence-electron chi connectivity index (χ1n) is 5.62. The Balaban J connectivity index is -0.000000853. The van der Waals surface area contributed by atoms with E-state index in [1.54, 1.807) is 24.3 Å². The van der Waals surface area contributed by atoms with Gasteiger partial charge in [0.25, 0.3) is 0 Å². The van der Waals surface area contributed by atoms with Crippen molar-refractivity contribution < 1.29 is 90.8 Å². The van der Waals surface area contributed by atoms with Crippen LogP contribution in [0.4, 0.5) is 0 Å².